The molecule has 152 valence electrons. The predicted molar refractivity (Wildman–Crippen MR) is 120 cm³/mol. The molecule has 2 aromatic carbocycles. The lowest BCUT2D eigenvalue weighted by atomic mass is 9.97. The van der Waals surface area contributed by atoms with Crippen molar-refractivity contribution in [2.24, 2.45) is 5.92 Å². The summed E-state index contributed by atoms with van der Waals surface area (Å²) in [4.78, 5) is 27.9. The van der Waals surface area contributed by atoms with Gasteiger partial charge in [-0.25, -0.2) is 0 Å². The van der Waals surface area contributed by atoms with Gasteiger partial charge in [-0.15, -0.1) is 0 Å². The maximum atomic E-state index is 12.9. The van der Waals surface area contributed by atoms with Crippen LogP contribution in [0.15, 0.2) is 46.9 Å². The van der Waals surface area contributed by atoms with Crippen LogP contribution >= 0.6 is 15.9 Å². The number of nitrogens with one attached hydrogen (secondary N) is 2. The van der Waals surface area contributed by atoms with E-state index in [1.54, 1.807) is 12.1 Å². The lowest BCUT2D eigenvalue weighted by molar-refractivity contribution is 0.0950. The van der Waals surface area contributed by atoms with Gasteiger partial charge in [0, 0.05) is 35.0 Å². The van der Waals surface area contributed by atoms with E-state index in [0.29, 0.717) is 16.8 Å². The molecule has 1 saturated heterocycles. The maximum absolute atomic E-state index is 12.9. The zero-order valence-electron chi connectivity index (χ0n) is 16.6. The van der Waals surface area contributed by atoms with Gasteiger partial charge in [-0.3, -0.25) is 9.59 Å². The van der Waals surface area contributed by atoms with Crippen LogP contribution in [0.4, 0.5) is 11.4 Å². The van der Waals surface area contributed by atoms with Crippen molar-refractivity contribution in [3.8, 4) is 0 Å². The third-order valence-corrected chi connectivity index (χ3v) is 6.35. The predicted octanol–water partition coefficient (Wildman–Crippen LogP) is 4.83. The fourth-order valence-electron chi connectivity index (χ4n) is 3.66. The fourth-order valence-corrected chi connectivity index (χ4v) is 4.12. The number of hydrogen-bond acceptors (Lipinski definition) is 3. The van der Waals surface area contributed by atoms with Gasteiger partial charge >= 0.3 is 0 Å². The monoisotopic (exact) mass is 455 g/mol. The highest BCUT2D eigenvalue weighted by Gasteiger charge is 2.27. The first-order valence-electron chi connectivity index (χ1n) is 10.3. The first-order valence-corrected chi connectivity index (χ1v) is 11.1. The zero-order chi connectivity index (χ0) is 20.4. The van der Waals surface area contributed by atoms with Crippen molar-refractivity contribution >= 4 is 39.1 Å². The summed E-state index contributed by atoms with van der Waals surface area (Å²) >= 11 is 3.42. The maximum Gasteiger partial charge on any atom is 0.256 e. The van der Waals surface area contributed by atoms with Crippen molar-refractivity contribution in [2.75, 3.05) is 23.3 Å². The molecule has 6 heteroatoms. The summed E-state index contributed by atoms with van der Waals surface area (Å²) in [6.07, 6.45) is 4.34. The minimum Gasteiger partial charge on any atom is -0.371 e. The van der Waals surface area contributed by atoms with E-state index in [0.717, 1.165) is 54.9 Å². The Kier molecular flexibility index (Phi) is 5.90. The van der Waals surface area contributed by atoms with Gasteiger partial charge in [-0.05, 0) is 77.9 Å². The molecule has 1 aliphatic heterocycles. The number of carbonyl (C=O) groups is 2. The van der Waals surface area contributed by atoms with Crippen LogP contribution < -0.4 is 15.5 Å². The van der Waals surface area contributed by atoms with Crippen molar-refractivity contribution < 1.29 is 9.59 Å². The molecule has 0 spiro atoms. The van der Waals surface area contributed by atoms with Crippen LogP contribution in [0.2, 0.25) is 0 Å². The number of benzene rings is 2. The van der Waals surface area contributed by atoms with Crippen molar-refractivity contribution in [3.63, 3.8) is 0 Å². The summed E-state index contributed by atoms with van der Waals surface area (Å²) in [6, 6.07) is 13.2. The molecular formula is C23H26BrN3O2. The largest absolute Gasteiger partial charge is 0.371 e. The molecule has 5 nitrogen and oxygen atoms in total. The fraction of sp³-hybridized carbons (Fsp3) is 0.391. The van der Waals surface area contributed by atoms with E-state index < -0.39 is 0 Å². The molecule has 2 aliphatic rings. The summed E-state index contributed by atoms with van der Waals surface area (Å²) in [5.41, 5.74) is 2.77. The van der Waals surface area contributed by atoms with E-state index in [-0.39, 0.29) is 17.9 Å². The minimum atomic E-state index is -0.203. The van der Waals surface area contributed by atoms with Gasteiger partial charge < -0.3 is 15.5 Å². The van der Waals surface area contributed by atoms with Crippen molar-refractivity contribution in [1.82, 2.24) is 5.32 Å². The van der Waals surface area contributed by atoms with Crippen molar-refractivity contribution in [2.45, 2.75) is 38.6 Å². The average Bonchev–Trinajstić information content (AvgIpc) is 3.53. The second-order valence-corrected chi connectivity index (χ2v) is 8.94. The number of nitrogens with zero attached hydrogens (tertiary/aromatic N) is 1. The first kappa shape index (κ1) is 20.0. The summed E-state index contributed by atoms with van der Waals surface area (Å²) in [5, 5.41) is 6.03. The topological polar surface area (TPSA) is 61.4 Å². The highest BCUT2D eigenvalue weighted by Crippen LogP contribution is 2.30. The van der Waals surface area contributed by atoms with Gasteiger partial charge in [0.15, 0.2) is 0 Å². The van der Waals surface area contributed by atoms with Crippen LogP contribution in [0, 0.1) is 5.92 Å². The van der Waals surface area contributed by atoms with Crippen molar-refractivity contribution in [1.29, 1.82) is 0 Å². The third-order valence-electron chi connectivity index (χ3n) is 5.65. The van der Waals surface area contributed by atoms with Crippen LogP contribution in [0.1, 0.15) is 53.3 Å². The highest BCUT2D eigenvalue weighted by atomic mass is 79.9. The Morgan fingerprint density at radius 2 is 1.69 bits per heavy atom. The molecule has 1 heterocycles. The number of rotatable bonds is 5. The third kappa shape index (κ3) is 4.81. The van der Waals surface area contributed by atoms with E-state index in [4.69, 9.17) is 0 Å². The number of carbonyl (C=O) groups excluding carboxylic acids is 2. The lowest BCUT2D eigenvalue weighted by Gasteiger charge is -2.33. The molecule has 2 amide bonds. The van der Waals surface area contributed by atoms with Crippen LogP contribution in [-0.2, 0) is 0 Å². The Bertz CT molecular complexity index is 918. The van der Waals surface area contributed by atoms with Crippen LogP contribution in [0.25, 0.3) is 0 Å². The second kappa shape index (κ2) is 8.57. The van der Waals surface area contributed by atoms with Gasteiger partial charge in [0.1, 0.15) is 0 Å². The lowest BCUT2D eigenvalue weighted by Crippen LogP contribution is -2.35. The van der Waals surface area contributed by atoms with Gasteiger partial charge in [-0.1, -0.05) is 19.1 Å². The van der Waals surface area contributed by atoms with Crippen LogP contribution in [0.3, 0.4) is 0 Å². The van der Waals surface area contributed by atoms with Crippen LogP contribution in [0.5, 0.6) is 0 Å². The van der Waals surface area contributed by atoms with E-state index >= 15 is 0 Å². The Morgan fingerprint density at radius 1 is 0.966 bits per heavy atom. The summed E-state index contributed by atoms with van der Waals surface area (Å²) < 4.78 is 0.739. The zero-order valence-corrected chi connectivity index (χ0v) is 18.2. The van der Waals surface area contributed by atoms with E-state index in [1.807, 2.05) is 30.3 Å². The summed E-state index contributed by atoms with van der Waals surface area (Å²) in [7, 11) is 0. The molecule has 4 rings (SSSR count). The Balaban J connectivity index is 1.59. The number of amides is 2. The van der Waals surface area contributed by atoms with Gasteiger partial charge in [0.2, 0.25) is 0 Å². The number of piperidine rings is 1. The second-order valence-electron chi connectivity index (χ2n) is 8.08. The summed E-state index contributed by atoms with van der Waals surface area (Å²) in [6.45, 7) is 4.18. The molecule has 2 aromatic rings. The molecule has 0 atom stereocenters. The molecule has 0 aromatic heterocycles. The number of anilines is 2. The minimum absolute atomic E-state index is 0.0573. The molecule has 1 aliphatic carbocycles. The SMILES string of the molecule is CC1CCN(c2ccc(NC(=O)c3ccccc3Br)cc2C(=O)NC2CC2)CC1. The smallest absolute Gasteiger partial charge is 0.256 e. The van der Waals surface area contributed by atoms with Crippen LogP contribution in [-0.4, -0.2) is 30.9 Å². The summed E-state index contributed by atoms with van der Waals surface area (Å²) in [5.74, 6) is 0.460. The van der Waals surface area contributed by atoms with Gasteiger partial charge in [0.05, 0.1) is 11.1 Å². The molecule has 29 heavy (non-hydrogen) atoms. The van der Waals surface area contributed by atoms with Crippen molar-refractivity contribution in [3.05, 3.63) is 58.1 Å². The molecular weight excluding hydrogens is 430 g/mol. The normalized spacial score (nSPS) is 17.1. The number of hydrogen-bond donors (Lipinski definition) is 2. The molecule has 0 radical (unpaired) electrons. The highest BCUT2D eigenvalue weighted by molar-refractivity contribution is 9.10. The van der Waals surface area contributed by atoms with E-state index in [1.165, 1.54) is 0 Å². The Hall–Kier alpha value is -2.34. The number of halogens is 1. The van der Waals surface area contributed by atoms with E-state index in [2.05, 4.69) is 38.4 Å². The average molecular weight is 456 g/mol. The standard InChI is InChI=1S/C23H26BrN3O2/c1-15-10-12-27(13-11-15)21-9-8-17(14-19(21)23(29)25-16-6-7-16)26-22(28)18-4-2-3-5-20(18)24/h2-5,8-9,14-16H,6-7,10-13H2,1H3,(H,25,29)(H,26,28). The molecule has 1 saturated carbocycles. The molecule has 2 N–H and O–H groups in total. The first-order chi connectivity index (χ1) is 14.0. The quantitative estimate of drug-likeness (QED) is 0.678. The Morgan fingerprint density at radius 3 is 2.38 bits per heavy atom. The Labute approximate surface area is 180 Å². The van der Waals surface area contributed by atoms with E-state index in [9.17, 15) is 9.59 Å². The van der Waals surface area contributed by atoms with Gasteiger partial charge in [0.25, 0.3) is 11.8 Å². The molecule has 0 bridgehead atoms. The molecule has 2 fully saturated rings. The van der Waals surface area contributed by atoms with Gasteiger partial charge in [-0.2, -0.15) is 0 Å². The molecule has 0 unspecified atom stereocenters.